The fourth-order valence-electron chi connectivity index (χ4n) is 2.84. The van der Waals surface area contributed by atoms with Gasteiger partial charge in [0, 0.05) is 23.8 Å². The SMILES string of the molecule is CCC1CCC(N(C)c2cc(C)c(Br)cn2)CC1. The summed E-state index contributed by atoms with van der Waals surface area (Å²) < 4.78 is 1.09. The van der Waals surface area contributed by atoms with Crippen LogP contribution in [0.25, 0.3) is 0 Å². The fourth-order valence-corrected chi connectivity index (χ4v) is 3.06. The van der Waals surface area contributed by atoms with Crippen LogP contribution in [0.1, 0.15) is 44.6 Å². The molecular formula is C15H23BrN2. The molecule has 0 amide bonds. The van der Waals surface area contributed by atoms with Crippen molar-refractivity contribution < 1.29 is 0 Å². The van der Waals surface area contributed by atoms with Gasteiger partial charge in [0.2, 0.25) is 0 Å². The molecule has 0 spiro atoms. The third-order valence-electron chi connectivity index (χ3n) is 4.34. The van der Waals surface area contributed by atoms with Crippen molar-refractivity contribution in [2.24, 2.45) is 5.92 Å². The number of rotatable bonds is 3. The lowest BCUT2D eigenvalue weighted by Crippen LogP contribution is -2.35. The number of anilines is 1. The summed E-state index contributed by atoms with van der Waals surface area (Å²) in [5, 5.41) is 0. The molecule has 1 saturated carbocycles. The second kappa shape index (κ2) is 6.05. The second-order valence-corrected chi connectivity index (χ2v) is 6.34. The highest BCUT2D eigenvalue weighted by atomic mass is 79.9. The fraction of sp³-hybridized carbons (Fsp3) is 0.667. The molecular weight excluding hydrogens is 288 g/mol. The van der Waals surface area contributed by atoms with Crippen LogP contribution >= 0.6 is 15.9 Å². The topological polar surface area (TPSA) is 16.1 Å². The van der Waals surface area contributed by atoms with E-state index in [9.17, 15) is 0 Å². The highest BCUT2D eigenvalue weighted by molar-refractivity contribution is 9.10. The van der Waals surface area contributed by atoms with E-state index >= 15 is 0 Å². The highest BCUT2D eigenvalue weighted by Crippen LogP contribution is 2.31. The van der Waals surface area contributed by atoms with Crippen molar-refractivity contribution in [3.8, 4) is 0 Å². The Morgan fingerprint density at radius 2 is 2.00 bits per heavy atom. The van der Waals surface area contributed by atoms with Crippen LogP contribution in [0.2, 0.25) is 0 Å². The number of aromatic nitrogens is 1. The van der Waals surface area contributed by atoms with E-state index in [2.05, 4.69) is 52.8 Å². The first-order chi connectivity index (χ1) is 8.61. The van der Waals surface area contributed by atoms with Gasteiger partial charge in [-0.25, -0.2) is 4.98 Å². The van der Waals surface area contributed by atoms with E-state index < -0.39 is 0 Å². The molecule has 3 heteroatoms. The molecule has 1 aliphatic carbocycles. The quantitative estimate of drug-likeness (QED) is 0.813. The molecule has 0 aromatic carbocycles. The lowest BCUT2D eigenvalue weighted by molar-refractivity contribution is 0.313. The summed E-state index contributed by atoms with van der Waals surface area (Å²) in [6.07, 6.45) is 8.63. The molecule has 0 N–H and O–H groups in total. The first-order valence-corrected chi connectivity index (χ1v) is 7.76. The van der Waals surface area contributed by atoms with Gasteiger partial charge in [0.05, 0.1) is 0 Å². The van der Waals surface area contributed by atoms with Crippen molar-refractivity contribution in [1.82, 2.24) is 4.98 Å². The van der Waals surface area contributed by atoms with Gasteiger partial charge < -0.3 is 4.90 Å². The molecule has 1 fully saturated rings. The lowest BCUT2D eigenvalue weighted by Gasteiger charge is -2.35. The summed E-state index contributed by atoms with van der Waals surface area (Å²) in [7, 11) is 2.19. The van der Waals surface area contributed by atoms with Crippen molar-refractivity contribution in [2.45, 2.75) is 52.0 Å². The zero-order valence-electron chi connectivity index (χ0n) is 11.6. The van der Waals surface area contributed by atoms with E-state index in [1.165, 1.54) is 37.7 Å². The number of halogens is 1. The maximum Gasteiger partial charge on any atom is 0.128 e. The third kappa shape index (κ3) is 3.05. The molecule has 0 atom stereocenters. The van der Waals surface area contributed by atoms with Crippen molar-refractivity contribution in [1.29, 1.82) is 0 Å². The molecule has 0 saturated heterocycles. The minimum atomic E-state index is 0.667. The Kier molecular flexibility index (Phi) is 4.66. The molecule has 0 unspecified atom stereocenters. The Labute approximate surface area is 119 Å². The number of hydrogen-bond donors (Lipinski definition) is 0. The van der Waals surface area contributed by atoms with Gasteiger partial charge in [-0.3, -0.25) is 0 Å². The van der Waals surface area contributed by atoms with Crippen molar-refractivity contribution >= 4 is 21.7 Å². The zero-order chi connectivity index (χ0) is 13.1. The van der Waals surface area contributed by atoms with E-state index in [4.69, 9.17) is 0 Å². The molecule has 2 rings (SSSR count). The van der Waals surface area contributed by atoms with E-state index in [1.807, 2.05) is 6.20 Å². The Morgan fingerprint density at radius 3 is 2.56 bits per heavy atom. The highest BCUT2D eigenvalue weighted by Gasteiger charge is 2.23. The Morgan fingerprint density at radius 1 is 1.33 bits per heavy atom. The molecule has 1 heterocycles. The smallest absolute Gasteiger partial charge is 0.128 e. The molecule has 0 radical (unpaired) electrons. The van der Waals surface area contributed by atoms with Crippen molar-refractivity contribution in [3.05, 3.63) is 22.3 Å². The van der Waals surface area contributed by atoms with Gasteiger partial charge in [0.1, 0.15) is 5.82 Å². The van der Waals surface area contributed by atoms with Crippen LogP contribution in [0, 0.1) is 12.8 Å². The molecule has 2 nitrogen and oxygen atoms in total. The average Bonchev–Trinajstić information content (AvgIpc) is 2.41. The van der Waals surface area contributed by atoms with Crippen LogP contribution in [0.3, 0.4) is 0 Å². The maximum atomic E-state index is 4.53. The monoisotopic (exact) mass is 310 g/mol. The third-order valence-corrected chi connectivity index (χ3v) is 5.17. The average molecular weight is 311 g/mol. The number of hydrogen-bond acceptors (Lipinski definition) is 2. The second-order valence-electron chi connectivity index (χ2n) is 5.49. The van der Waals surface area contributed by atoms with E-state index in [0.29, 0.717) is 6.04 Å². The van der Waals surface area contributed by atoms with Gasteiger partial charge >= 0.3 is 0 Å². The van der Waals surface area contributed by atoms with Crippen LogP contribution in [0.5, 0.6) is 0 Å². The van der Waals surface area contributed by atoms with E-state index in [-0.39, 0.29) is 0 Å². The molecule has 1 aliphatic rings. The molecule has 100 valence electrons. The number of aryl methyl sites for hydroxylation is 1. The van der Waals surface area contributed by atoms with Crippen LogP contribution in [0.15, 0.2) is 16.7 Å². The predicted octanol–water partition coefficient (Wildman–Crippen LogP) is 4.56. The normalized spacial score (nSPS) is 24.0. The van der Waals surface area contributed by atoms with Crippen molar-refractivity contribution in [2.75, 3.05) is 11.9 Å². The van der Waals surface area contributed by atoms with Gasteiger partial charge in [-0.2, -0.15) is 0 Å². The summed E-state index contributed by atoms with van der Waals surface area (Å²) >= 11 is 3.51. The number of nitrogens with zero attached hydrogens (tertiary/aromatic N) is 2. The van der Waals surface area contributed by atoms with Crippen LogP contribution in [-0.4, -0.2) is 18.1 Å². The first-order valence-electron chi connectivity index (χ1n) is 6.96. The number of pyridine rings is 1. The Bertz CT molecular complexity index is 397. The van der Waals surface area contributed by atoms with Gasteiger partial charge in [-0.15, -0.1) is 0 Å². The maximum absolute atomic E-state index is 4.53. The summed E-state index contributed by atoms with van der Waals surface area (Å²) in [5.74, 6) is 2.06. The Hall–Kier alpha value is -0.570. The molecule has 1 aromatic rings. The standard InChI is InChI=1S/C15H23BrN2/c1-4-12-5-7-13(8-6-12)18(3)15-9-11(2)14(16)10-17-15/h9-10,12-13H,4-8H2,1-3H3. The van der Waals surface area contributed by atoms with E-state index in [0.717, 1.165) is 16.2 Å². The molecule has 0 aliphatic heterocycles. The van der Waals surface area contributed by atoms with Crippen LogP contribution < -0.4 is 4.90 Å². The zero-order valence-corrected chi connectivity index (χ0v) is 13.2. The summed E-state index contributed by atoms with van der Waals surface area (Å²) in [6, 6.07) is 2.84. The molecule has 0 bridgehead atoms. The van der Waals surface area contributed by atoms with Crippen molar-refractivity contribution in [3.63, 3.8) is 0 Å². The van der Waals surface area contributed by atoms with Gasteiger partial charge in [-0.1, -0.05) is 13.3 Å². The predicted molar refractivity (Wildman–Crippen MR) is 81.1 cm³/mol. The largest absolute Gasteiger partial charge is 0.357 e. The Balaban J connectivity index is 2.03. The van der Waals surface area contributed by atoms with E-state index in [1.54, 1.807) is 0 Å². The summed E-state index contributed by atoms with van der Waals surface area (Å²) in [6.45, 7) is 4.44. The van der Waals surface area contributed by atoms with Gasteiger partial charge in [-0.05, 0) is 66.1 Å². The minimum Gasteiger partial charge on any atom is -0.357 e. The lowest BCUT2D eigenvalue weighted by atomic mass is 9.84. The summed E-state index contributed by atoms with van der Waals surface area (Å²) in [5.41, 5.74) is 1.26. The van der Waals surface area contributed by atoms with Gasteiger partial charge in [0.15, 0.2) is 0 Å². The summed E-state index contributed by atoms with van der Waals surface area (Å²) in [4.78, 5) is 6.90. The first kappa shape index (κ1) is 13.9. The minimum absolute atomic E-state index is 0.667. The van der Waals surface area contributed by atoms with Gasteiger partial charge in [0.25, 0.3) is 0 Å². The van der Waals surface area contributed by atoms with Crippen LogP contribution in [-0.2, 0) is 0 Å². The van der Waals surface area contributed by atoms with Crippen LogP contribution in [0.4, 0.5) is 5.82 Å². The molecule has 1 aromatic heterocycles. The molecule has 18 heavy (non-hydrogen) atoms.